The highest BCUT2D eigenvalue weighted by Gasteiger charge is 2.38. The first-order chi connectivity index (χ1) is 11.0. The van der Waals surface area contributed by atoms with Crippen LogP contribution in [0, 0.1) is 11.8 Å². The predicted octanol–water partition coefficient (Wildman–Crippen LogP) is 0.973. The van der Waals surface area contributed by atoms with Gasteiger partial charge < -0.3 is 4.74 Å². The fourth-order valence-electron chi connectivity index (χ4n) is 3.25. The second kappa shape index (κ2) is 5.82. The first-order valence-electron chi connectivity index (χ1n) is 8.49. The van der Waals surface area contributed by atoms with Gasteiger partial charge in [-0.3, -0.25) is 0 Å². The second-order valence-electron chi connectivity index (χ2n) is 7.17. The van der Waals surface area contributed by atoms with Crippen molar-refractivity contribution in [2.45, 2.75) is 44.7 Å². The van der Waals surface area contributed by atoms with Gasteiger partial charge in [0.15, 0.2) is 0 Å². The van der Waals surface area contributed by atoms with E-state index in [1.165, 1.54) is 36.2 Å². The molecule has 1 aliphatic heterocycles. The molecule has 2 heterocycles. The molecule has 0 saturated heterocycles. The molecule has 0 bridgehead atoms. The number of ether oxygens (including phenoxy) is 1. The van der Waals surface area contributed by atoms with Gasteiger partial charge in [-0.2, -0.15) is 4.31 Å². The second-order valence-corrected chi connectivity index (χ2v) is 9.10. The van der Waals surface area contributed by atoms with Crippen molar-refractivity contribution in [3.8, 4) is 0 Å². The van der Waals surface area contributed by atoms with Crippen LogP contribution in [-0.2, 0) is 27.7 Å². The molecule has 2 fully saturated rings. The highest BCUT2D eigenvalue weighted by Crippen LogP contribution is 2.35. The lowest BCUT2D eigenvalue weighted by Crippen LogP contribution is -2.42. The Morgan fingerprint density at radius 3 is 2.57 bits per heavy atom. The zero-order valence-electron chi connectivity index (χ0n) is 13.5. The molecule has 1 aromatic rings. The molecule has 2 aliphatic carbocycles. The Bertz CT molecular complexity index is 679. The van der Waals surface area contributed by atoms with E-state index in [2.05, 4.69) is 10.3 Å². The zero-order chi connectivity index (χ0) is 16.0. The van der Waals surface area contributed by atoms with Crippen LogP contribution in [0.3, 0.4) is 0 Å². The Morgan fingerprint density at radius 2 is 1.91 bits per heavy atom. The molecule has 23 heavy (non-hydrogen) atoms. The molecule has 2 saturated carbocycles. The average Bonchev–Trinajstić information content (AvgIpc) is 3.39. The van der Waals surface area contributed by atoms with E-state index in [9.17, 15) is 8.42 Å². The van der Waals surface area contributed by atoms with Crippen LogP contribution in [0.1, 0.15) is 43.1 Å². The molecule has 0 aromatic carbocycles. The van der Waals surface area contributed by atoms with E-state index in [0.29, 0.717) is 25.5 Å². The lowest BCUT2D eigenvalue weighted by atomic mass is 10.1. The van der Waals surface area contributed by atoms with Crippen LogP contribution in [0.5, 0.6) is 0 Å². The van der Waals surface area contributed by atoms with Gasteiger partial charge in [0.1, 0.15) is 5.69 Å². The minimum absolute atomic E-state index is 0.333. The van der Waals surface area contributed by atoms with Gasteiger partial charge in [-0.1, -0.05) is 5.21 Å². The molecule has 8 heteroatoms. The minimum Gasteiger partial charge on any atom is -0.379 e. The maximum absolute atomic E-state index is 12.1. The number of aromatic nitrogens is 3. The molecule has 1 atom stereocenters. The molecule has 1 aromatic heterocycles. The largest absolute Gasteiger partial charge is 0.379 e. The Hall–Kier alpha value is -0.990. The van der Waals surface area contributed by atoms with E-state index in [4.69, 9.17) is 4.74 Å². The minimum atomic E-state index is -3.28. The summed E-state index contributed by atoms with van der Waals surface area (Å²) in [6.45, 7) is 2.50. The van der Waals surface area contributed by atoms with Crippen LogP contribution < -0.4 is 0 Å². The summed E-state index contributed by atoms with van der Waals surface area (Å²) in [7, 11) is -3.28. The molecule has 7 nitrogen and oxygen atoms in total. The molecule has 0 radical (unpaired) electrons. The fraction of sp³-hybridized carbons (Fsp3) is 0.867. The molecule has 128 valence electrons. The normalized spacial score (nSPS) is 25.5. The van der Waals surface area contributed by atoms with Gasteiger partial charge in [-0.25, -0.2) is 13.1 Å². The number of fused-ring (bicyclic) bond motifs is 1. The Balaban J connectivity index is 1.55. The first-order valence-corrected chi connectivity index (χ1v) is 10.3. The smallest absolute Gasteiger partial charge is 0.211 e. The Kier molecular flexibility index (Phi) is 3.93. The van der Waals surface area contributed by atoms with Crippen molar-refractivity contribution in [3.63, 3.8) is 0 Å². The summed E-state index contributed by atoms with van der Waals surface area (Å²) in [5.74, 6) is 1.38. The van der Waals surface area contributed by atoms with Crippen molar-refractivity contribution in [3.05, 3.63) is 11.4 Å². The van der Waals surface area contributed by atoms with Crippen molar-refractivity contribution in [1.29, 1.82) is 0 Å². The van der Waals surface area contributed by atoms with Gasteiger partial charge >= 0.3 is 0 Å². The monoisotopic (exact) mass is 340 g/mol. The van der Waals surface area contributed by atoms with Crippen LogP contribution in [0.15, 0.2) is 0 Å². The summed E-state index contributed by atoms with van der Waals surface area (Å²) in [4.78, 5) is 0. The highest BCUT2D eigenvalue weighted by atomic mass is 32.2. The summed E-state index contributed by atoms with van der Waals surface area (Å²) < 4.78 is 33.6. The average molecular weight is 340 g/mol. The van der Waals surface area contributed by atoms with Gasteiger partial charge in [0, 0.05) is 26.1 Å². The van der Waals surface area contributed by atoms with Gasteiger partial charge in [0.2, 0.25) is 10.0 Å². The lowest BCUT2D eigenvalue weighted by Gasteiger charge is -2.32. The molecular weight excluding hydrogens is 316 g/mol. The van der Waals surface area contributed by atoms with E-state index >= 15 is 0 Å². The molecule has 0 N–H and O–H groups in total. The van der Waals surface area contributed by atoms with E-state index in [-0.39, 0.29) is 6.04 Å². The molecule has 3 aliphatic rings. The van der Waals surface area contributed by atoms with Crippen molar-refractivity contribution >= 4 is 10.0 Å². The standard InChI is InChI=1S/C15H24N4O3S/c1-23(20,21)19-7-6-13-15(14(19)10-22-9-12-4-5-12)16-17-18(13)8-11-2-3-11/h11-12,14H,2-10H2,1H3/t14-/m0/s1. The summed E-state index contributed by atoms with van der Waals surface area (Å²) in [6.07, 6.45) is 6.92. The quantitative estimate of drug-likeness (QED) is 0.739. The molecule has 0 spiro atoms. The third-order valence-corrected chi connectivity index (χ3v) is 6.27. The fourth-order valence-corrected chi connectivity index (χ4v) is 4.30. The van der Waals surface area contributed by atoms with Crippen LogP contribution >= 0.6 is 0 Å². The predicted molar refractivity (Wildman–Crippen MR) is 84.3 cm³/mol. The van der Waals surface area contributed by atoms with Crippen molar-refractivity contribution in [2.75, 3.05) is 26.0 Å². The van der Waals surface area contributed by atoms with Gasteiger partial charge in [0.25, 0.3) is 0 Å². The molecule has 0 amide bonds. The Morgan fingerprint density at radius 1 is 1.17 bits per heavy atom. The maximum atomic E-state index is 12.1. The SMILES string of the molecule is CS(=O)(=O)N1CCc2c(nnn2CC2CC2)[C@@H]1COCC1CC1. The molecular formula is C15H24N4O3S. The van der Waals surface area contributed by atoms with Crippen LogP contribution in [-0.4, -0.2) is 53.7 Å². The highest BCUT2D eigenvalue weighted by molar-refractivity contribution is 7.88. The summed E-state index contributed by atoms with van der Waals surface area (Å²) >= 11 is 0. The van der Waals surface area contributed by atoms with Crippen molar-refractivity contribution in [2.24, 2.45) is 11.8 Å². The number of hydrogen-bond acceptors (Lipinski definition) is 5. The third kappa shape index (κ3) is 3.44. The number of sulfonamides is 1. The summed E-state index contributed by atoms with van der Waals surface area (Å²) in [5.41, 5.74) is 1.88. The van der Waals surface area contributed by atoms with Gasteiger partial charge in [-0.15, -0.1) is 5.10 Å². The van der Waals surface area contributed by atoms with E-state index in [0.717, 1.165) is 30.5 Å². The van der Waals surface area contributed by atoms with E-state index in [1.54, 1.807) is 0 Å². The summed E-state index contributed by atoms with van der Waals surface area (Å²) in [6, 6.07) is -0.333. The number of hydrogen-bond donors (Lipinski definition) is 0. The van der Waals surface area contributed by atoms with Crippen molar-refractivity contribution in [1.82, 2.24) is 19.3 Å². The van der Waals surface area contributed by atoms with Crippen molar-refractivity contribution < 1.29 is 13.2 Å². The summed E-state index contributed by atoms with van der Waals surface area (Å²) in [5, 5.41) is 8.61. The van der Waals surface area contributed by atoms with E-state index in [1.807, 2.05) is 4.68 Å². The van der Waals surface area contributed by atoms with E-state index < -0.39 is 10.0 Å². The van der Waals surface area contributed by atoms with Crippen LogP contribution in [0.25, 0.3) is 0 Å². The van der Waals surface area contributed by atoms with Gasteiger partial charge in [0.05, 0.1) is 24.6 Å². The Labute approximate surface area is 137 Å². The lowest BCUT2D eigenvalue weighted by molar-refractivity contribution is 0.0762. The van der Waals surface area contributed by atoms with Crippen LogP contribution in [0.4, 0.5) is 0 Å². The topological polar surface area (TPSA) is 77.3 Å². The van der Waals surface area contributed by atoms with Gasteiger partial charge in [-0.05, 0) is 37.5 Å². The molecule has 0 unspecified atom stereocenters. The maximum Gasteiger partial charge on any atom is 0.211 e. The zero-order valence-corrected chi connectivity index (χ0v) is 14.3. The number of nitrogens with zero attached hydrogens (tertiary/aromatic N) is 4. The third-order valence-electron chi connectivity index (χ3n) is 4.98. The first kappa shape index (κ1) is 15.5. The molecule has 4 rings (SSSR count). The number of rotatable bonds is 7. The van der Waals surface area contributed by atoms with Crippen LogP contribution in [0.2, 0.25) is 0 Å².